The molecule has 3 N–H and O–H groups in total. The molecule has 4 rings (SSSR count). The molecule has 0 unspecified atom stereocenters. The van der Waals surface area contributed by atoms with Crippen molar-refractivity contribution in [3.63, 3.8) is 0 Å². The summed E-state index contributed by atoms with van der Waals surface area (Å²) in [6.07, 6.45) is 3.42. The van der Waals surface area contributed by atoms with E-state index in [0.29, 0.717) is 28.7 Å². The molecule has 0 aliphatic carbocycles. The zero-order chi connectivity index (χ0) is 20.1. The SMILES string of the molecule is O=C(CCNc1nc(Cl)nc2nc[nH]c12)Nc1nnc(CCc2ccccc2)s1. The smallest absolute Gasteiger partial charge is 0.227 e. The summed E-state index contributed by atoms with van der Waals surface area (Å²) in [6.45, 7) is 0.368. The number of aromatic nitrogens is 6. The van der Waals surface area contributed by atoms with Gasteiger partial charge in [0.25, 0.3) is 0 Å². The highest BCUT2D eigenvalue weighted by Crippen LogP contribution is 2.19. The minimum atomic E-state index is -0.163. The van der Waals surface area contributed by atoms with Gasteiger partial charge in [-0.2, -0.15) is 9.97 Å². The molecule has 0 radical (unpaired) electrons. The second kappa shape index (κ2) is 8.93. The van der Waals surface area contributed by atoms with E-state index in [9.17, 15) is 4.79 Å². The van der Waals surface area contributed by atoms with Gasteiger partial charge < -0.3 is 15.6 Å². The van der Waals surface area contributed by atoms with Gasteiger partial charge in [-0.25, -0.2) is 4.98 Å². The molecule has 3 heterocycles. The van der Waals surface area contributed by atoms with Gasteiger partial charge in [-0.1, -0.05) is 41.7 Å². The molecule has 0 aliphatic rings. The van der Waals surface area contributed by atoms with Gasteiger partial charge in [0.15, 0.2) is 11.5 Å². The Balaban J connectivity index is 1.25. The minimum Gasteiger partial charge on any atom is -0.368 e. The monoisotopic (exact) mass is 428 g/mol. The highest BCUT2D eigenvalue weighted by Gasteiger charge is 2.11. The molecule has 0 fully saturated rings. The highest BCUT2D eigenvalue weighted by atomic mass is 35.5. The highest BCUT2D eigenvalue weighted by molar-refractivity contribution is 7.15. The standard InChI is InChI=1S/C18H17ClN8OS/c19-17-24-15(14-16(25-17)22-10-21-14)20-9-8-12(28)23-18-27-26-13(29-18)7-6-11-4-2-1-3-5-11/h1-5,10H,6-9H2,(H,23,27,28)(H2,20,21,22,24,25). The van der Waals surface area contributed by atoms with Gasteiger partial charge in [-0.3, -0.25) is 4.79 Å². The molecular formula is C18H17ClN8OS. The van der Waals surface area contributed by atoms with E-state index in [-0.39, 0.29) is 17.6 Å². The summed E-state index contributed by atoms with van der Waals surface area (Å²) in [5.41, 5.74) is 2.35. The normalized spacial score (nSPS) is 10.9. The van der Waals surface area contributed by atoms with Gasteiger partial charge >= 0.3 is 0 Å². The first-order chi connectivity index (χ1) is 14.2. The summed E-state index contributed by atoms with van der Waals surface area (Å²) >= 11 is 7.28. The predicted octanol–water partition coefficient (Wildman–Crippen LogP) is 3.08. The van der Waals surface area contributed by atoms with Crippen LogP contribution in [0.1, 0.15) is 17.0 Å². The lowest BCUT2D eigenvalue weighted by molar-refractivity contribution is -0.115. The van der Waals surface area contributed by atoms with Crippen molar-refractivity contribution in [3.8, 4) is 0 Å². The van der Waals surface area contributed by atoms with Crippen LogP contribution in [0.4, 0.5) is 10.9 Å². The average Bonchev–Trinajstić information content (AvgIpc) is 3.36. The van der Waals surface area contributed by atoms with Crippen LogP contribution in [0, 0.1) is 0 Å². The van der Waals surface area contributed by atoms with Crippen LogP contribution >= 0.6 is 22.9 Å². The van der Waals surface area contributed by atoms with E-state index in [2.05, 4.69) is 52.9 Å². The Morgan fingerprint density at radius 1 is 1.14 bits per heavy atom. The number of nitrogens with one attached hydrogen (secondary N) is 3. The molecule has 0 saturated carbocycles. The van der Waals surface area contributed by atoms with Crippen LogP contribution in [0.25, 0.3) is 11.2 Å². The van der Waals surface area contributed by atoms with E-state index in [1.165, 1.54) is 23.2 Å². The summed E-state index contributed by atoms with van der Waals surface area (Å²) in [4.78, 5) is 27.3. The summed E-state index contributed by atoms with van der Waals surface area (Å²) in [5, 5.41) is 15.5. The molecule has 0 atom stereocenters. The third-order valence-corrected chi connectivity index (χ3v) is 5.15. The van der Waals surface area contributed by atoms with Gasteiger partial charge in [0.2, 0.25) is 16.3 Å². The Morgan fingerprint density at radius 3 is 2.86 bits per heavy atom. The number of hydrogen-bond donors (Lipinski definition) is 3. The number of fused-ring (bicyclic) bond motifs is 1. The third kappa shape index (κ3) is 5.04. The summed E-state index contributed by atoms with van der Waals surface area (Å²) < 4.78 is 0. The maximum atomic E-state index is 12.2. The third-order valence-electron chi connectivity index (χ3n) is 4.09. The summed E-state index contributed by atoms with van der Waals surface area (Å²) in [6, 6.07) is 10.2. The fourth-order valence-corrected chi connectivity index (χ4v) is 3.63. The number of halogens is 1. The number of aryl methyl sites for hydroxylation is 2. The van der Waals surface area contributed by atoms with Crippen LogP contribution in [-0.2, 0) is 17.6 Å². The van der Waals surface area contributed by atoms with E-state index in [0.717, 1.165) is 17.8 Å². The maximum Gasteiger partial charge on any atom is 0.227 e. The molecule has 1 aromatic carbocycles. The van der Waals surface area contributed by atoms with Crippen molar-refractivity contribution in [1.82, 2.24) is 30.1 Å². The van der Waals surface area contributed by atoms with Crippen LogP contribution in [0.15, 0.2) is 36.7 Å². The lowest BCUT2D eigenvalue weighted by atomic mass is 10.1. The largest absolute Gasteiger partial charge is 0.368 e. The van der Waals surface area contributed by atoms with Gasteiger partial charge in [-0.15, -0.1) is 10.2 Å². The predicted molar refractivity (Wildman–Crippen MR) is 112 cm³/mol. The van der Waals surface area contributed by atoms with E-state index in [1.807, 2.05) is 18.2 Å². The van der Waals surface area contributed by atoms with Crippen LogP contribution in [-0.4, -0.2) is 42.6 Å². The molecule has 0 saturated heterocycles. The van der Waals surface area contributed by atoms with Gasteiger partial charge in [-0.05, 0) is 23.6 Å². The fraction of sp³-hybridized carbons (Fsp3) is 0.222. The second-order valence-corrected chi connectivity index (χ2v) is 7.55. The molecule has 29 heavy (non-hydrogen) atoms. The van der Waals surface area contributed by atoms with Crippen molar-refractivity contribution in [2.24, 2.45) is 0 Å². The molecule has 1 amide bonds. The first kappa shape index (κ1) is 19.2. The number of carbonyl (C=O) groups excluding carboxylic acids is 1. The number of amides is 1. The Hall–Kier alpha value is -3.11. The molecule has 0 bridgehead atoms. The number of rotatable bonds is 8. The molecule has 11 heteroatoms. The van der Waals surface area contributed by atoms with E-state index >= 15 is 0 Å². The number of nitrogens with zero attached hydrogens (tertiary/aromatic N) is 5. The van der Waals surface area contributed by atoms with Crippen molar-refractivity contribution >= 4 is 51.0 Å². The Kier molecular flexibility index (Phi) is 5.92. The zero-order valence-electron chi connectivity index (χ0n) is 15.2. The van der Waals surface area contributed by atoms with Crippen LogP contribution in [0.2, 0.25) is 5.28 Å². The first-order valence-electron chi connectivity index (χ1n) is 8.94. The number of hydrogen-bond acceptors (Lipinski definition) is 8. The molecule has 3 aromatic heterocycles. The zero-order valence-corrected chi connectivity index (χ0v) is 16.8. The summed E-state index contributed by atoms with van der Waals surface area (Å²) in [7, 11) is 0. The molecule has 0 spiro atoms. The number of imidazole rings is 1. The molecular weight excluding hydrogens is 412 g/mol. The lowest BCUT2D eigenvalue weighted by Gasteiger charge is -2.06. The van der Waals surface area contributed by atoms with Gasteiger partial charge in [0, 0.05) is 19.4 Å². The van der Waals surface area contributed by atoms with E-state index in [4.69, 9.17) is 11.6 Å². The molecule has 4 aromatic rings. The Labute approximate surface area is 175 Å². The van der Waals surface area contributed by atoms with Crippen molar-refractivity contribution in [2.75, 3.05) is 17.2 Å². The lowest BCUT2D eigenvalue weighted by Crippen LogP contribution is -2.16. The first-order valence-corrected chi connectivity index (χ1v) is 10.1. The fourth-order valence-electron chi connectivity index (χ4n) is 2.71. The van der Waals surface area contributed by atoms with Crippen molar-refractivity contribution in [3.05, 3.63) is 52.5 Å². The number of H-pyrrole nitrogens is 1. The summed E-state index contributed by atoms with van der Waals surface area (Å²) in [5.74, 6) is 0.341. The average molecular weight is 429 g/mol. The second-order valence-electron chi connectivity index (χ2n) is 6.15. The molecule has 0 aliphatic heterocycles. The van der Waals surface area contributed by atoms with Crippen molar-refractivity contribution in [2.45, 2.75) is 19.3 Å². The van der Waals surface area contributed by atoms with Gasteiger partial charge in [0.05, 0.1) is 6.33 Å². The minimum absolute atomic E-state index is 0.0912. The maximum absolute atomic E-state index is 12.2. The number of carbonyl (C=O) groups is 1. The van der Waals surface area contributed by atoms with Crippen molar-refractivity contribution in [1.29, 1.82) is 0 Å². The van der Waals surface area contributed by atoms with E-state index in [1.54, 1.807) is 0 Å². The number of anilines is 2. The van der Waals surface area contributed by atoms with Crippen LogP contribution in [0.3, 0.4) is 0 Å². The molecule has 148 valence electrons. The number of aromatic amines is 1. The van der Waals surface area contributed by atoms with Crippen LogP contribution in [0.5, 0.6) is 0 Å². The van der Waals surface area contributed by atoms with E-state index < -0.39 is 0 Å². The van der Waals surface area contributed by atoms with Crippen molar-refractivity contribution < 1.29 is 4.79 Å². The Morgan fingerprint density at radius 2 is 2.00 bits per heavy atom. The molecule has 9 nitrogen and oxygen atoms in total. The topological polar surface area (TPSA) is 121 Å². The van der Waals surface area contributed by atoms with Gasteiger partial charge in [0.1, 0.15) is 10.5 Å². The Bertz CT molecular complexity index is 1110. The quantitative estimate of drug-likeness (QED) is 0.368. The number of benzene rings is 1. The van der Waals surface area contributed by atoms with Crippen LogP contribution < -0.4 is 10.6 Å².